The van der Waals surface area contributed by atoms with Crippen molar-refractivity contribution in [3.63, 3.8) is 0 Å². The summed E-state index contributed by atoms with van der Waals surface area (Å²) in [5, 5.41) is 8.12. The maximum atomic E-state index is 13.8. The highest BCUT2D eigenvalue weighted by atomic mass is 32.2. The summed E-state index contributed by atoms with van der Waals surface area (Å²) in [5.41, 5.74) is 0.641. The van der Waals surface area contributed by atoms with Gasteiger partial charge in [-0.25, -0.2) is 22.6 Å². The predicted octanol–water partition coefficient (Wildman–Crippen LogP) is 4.26. The predicted molar refractivity (Wildman–Crippen MR) is 208 cm³/mol. The van der Waals surface area contributed by atoms with Crippen molar-refractivity contribution < 1.29 is 46.4 Å². The summed E-state index contributed by atoms with van der Waals surface area (Å²) in [6.07, 6.45) is 3.68. The van der Waals surface area contributed by atoms with E-state index in [1.165, 1.54) is 30.1 Å². The highest BCUT2D eigenvalue weighted by molar-refractivity contribution is 7.89. The van der Waals surface area contributed by atoms with Crippen molar-refractivity contribution >= 4 is 40.7 Å². The molecule has 0 spiro atoms. The molecule has 2 bridgehead atoms. The Hall–Kier alpha value is -4.45. The highest BCUT2D eigenvalue weighted by Gasteiger charge is 2.68. The number of carbonyl (C=O) groups excluding carboxylic acids is 4. The number of ether oxygens (including phenoxy) is 2. The molecule has 5 atom stereocenters. The standard InChI is InChI=1S/C40H50BN5O10S/c1-38(2,3)54-37(50)31-14-10-11-24(34(31)53-7)17-26(41-55-33-19-25-18-32(39(25,4)5)40(33,6)56-41)20-28(47)23-45-22-27(43-44-45)21-42-57(51,52)16-15-46-35(48)29-12-8-9-13-30(29)36(46)49/h8-14,22,25-26,32-33,42H,15-21,23H2,1-7H3/t25-,26+,32-,33+,40-/m0/s1. The van der Waals surface area contributed by atoms with Crippen molar-refractivity contribution in [3.8, 4) is 5.75 Å². The number of amides is 2. The molecule has 15 nitrogen and oxygen atoms in total. The van der Waals surface area contributed by atoms with E-state index in [9.17, 15) is 27.6 Å². The Balaban J connectivity index is 1.02. The smallest absolute Gasteiger partial charge is 0.461 e. The zero-order valence-corrected chi connectivity index (χ0v) is 34.3. The van der Waals surface area contributed by atoms with Crippen LogP contribution < -0.4 is 9.46 Å². The lowest BCUT2D eigenvalue weighted by molar-refractivity contribution is -0.199. The number of esters is 1. The second-order valence-electron chi connectivity index (χ2n) is 17.4. The Morgan fingerprint density at radius 1 is 1.05 bits per heavy atom. The third-order valence-corrected chi connectivity index (χ3v) is 13.4. The zero-order chi connectivity index (χ0) is 41.1. The lowest BCUT2D eigenvalue weighted by Gasteiger charge is -2.64. The molecule has 2 amide bonds. The number of sulfonamides is 1. The highest BCUT2D eigenvalue weighted by Crippen LogP contribution is 2.66. The van der Waals surface area contributed by atoms with Crippen LogP contribution in [0.5, 0.6) is 5.75 Å². The fourth-order valence-corrected chi connectivity index (χ4v) is 10.0. The molecule has 1 saturated heterocycles. The van der Waals surface area contributed by atoms with Crippen molar-refractivity contribution in [1.29, 1.82) is 0 Å². The molecule has 304 valence electrons. The van der Waals surface area contributed by atoms with E-state index in [0.29, 0.717) is 29.6 Å². The minimum atomic E-state index is -3.92. The fraction of sp³-hybridized carbons (Fsp3) is 0.550. The average molecular weight is 804 g/mol. The number of rotatable bonds is 15. The van der Waals surface area contributed by atoms with Crippen LogP contribution in [0.25, 0.3) is 0 Å². The minimum absolute atomic E-state index is 0.0460. The number of Topliss-reactive ketones (excluding diaryl/α,β-unsaturated/α-hetero) is 1. The van der Waals surface area contributed by atoms with E-state index < -0.39 is 57.7 Å². The number of fused-ring (bicyclic) bond motifs is 1. The van der Waals surface area contributed by atoms with E-state index >= 15 is 0 Å². The van der Waals surface area contributed by atoms with Crippen LogP contribution in [0, 0.1) is 17.3 Å². The first-order valence-electron chi connectivity index (χ1n) is 19.4. The number of nitrogens with one attached hydrogen (secondary N) is 1. The van der Waals surface area contributed by atoms with Crippen LogP contribution in [0.1, 0.15) is 103 Å². The number of nitrogens with zero attached hydrogens (tertiary/aromatic N) is 4. The van der Waals surface area contributed by atoms with Crippen molar-refractivity contribution in [2.24, 2.45) is 17.3 Å². The van der Waals surface area contributed by atoms with Gasteiger partial charge in [0.05, 0.1) is 54.1 Å². The fourth-order valence-electron chi connectivity index (χ4n) is 9.07. The summed E-state index contributed by atoms with van der Waals surface area (Å²) >= 11 is 0. The molecule has 17 heteroatoms. The van der Waals surface area contributed by atoms with Gasteiger partial charge in [-0.05, 0) is 88.0 Å². The minimum Gasteiger partial charge on any atom is -0.496 e. The number of ketones is 1. The van der Waals surface area contributed by atoms with E-state index in [4.69, 9.17) is 18.8 Å². The third kappa shape index (κ3) is 8.03. The van der Waals surface area contributed by atoms with Crippen LogP contribution >= 0.6 is 0 Å². The van der Waals surface area contributed by atoms with Crippen molar-refractivity contribution in [2.45, 2.75) is 103 Å². The molecule has 0 radical (unpaired) electrons. The van der Waals surface area contributed by atoms with Crippen LogP contribution in [0.3, 0.4) is 0 Å². The Morgan fingerprint density at radius 3 is 2.40 bits per heavy atom. The molecular formula is C40H50BN5O10S. The Morgan fingerprint density at radius 2 is 1.75 bits per heavy atom. The summed E-state index contributed by atoms with van der Waals surface area (Å²) in [4.78, 5) is 53.2. The molecular weight excluding hydrogens is 753 g/mol. The van der Waals surface area contributed by atoms with Crippen molar-refractivity contribution in [2.75, 3.05) is 19.4 Å². The van der Waals surface area contributed by atoms with Gasteiger partial charge in [-0.1, -0.05) is 43.3 Å². The summed E-state index contributed by atoms with van der Waals surface area (Å²) in [7, 11) is -3.13. The van der Waals surface area contributed by atoms with E-state index in [1.807, 2.05) is 6.07 Å². The molecule has 3 aliphatic carbocycles. The summed E-state index contributed by atoms with van der Waals surface area (Å²) in [6.45, 7) is 11.4. The van der Waals surface area contributed by atoms with Gasteiger partial charge < -0.3 is 18.8 Å². The normalized spacial score (nSPS) is 24.2. The Bertz CT molecular complexity index is 2170. The molecule has 1 N–H and O–H groups in total. The molecule has 8 rings (SSSR count). The summed E-state index contributed by atoms with van der Waals surface area (Å²) in [6, 6.07) is 11.6. The van der Waals surface area contributed by atoms with Gasteiger partial charge in [-0.3, -0.25) is 19.3 Å². The van der Waals surface area contributed by atoms with Gasteiger partial charge in [-0.15, -0.1) is 5.10 Å². The van der Waals surface area contributed by atoms with Crippen molar-refractivity contribution in [1.82, 2.24) is 24.6 Å². The Kier molecular flexibility index (Phi) is 10.8. The molecule has 5 aliphatic rings. The van der Waals surface area contributed by atoms with Gasteiger partial charge in [0, 0.05) is 18.8 Å². The third-order valence-electron chi connectivity index (χ3n) is 12.1. The number of methoxy groups -OCH3 is 1. The number of hydrogen-bond acceptors (Lipinski definition) is 12. The van der Waals surface area contributed by atoms with Gasteiger partial charge in [0.1, 0.15) is 23.5 Å². The van der Waals surface area contributed by atoms with Gasteiger partial charge in [0.15, 0.2) is 5.78 Å². The van der Waals surface area contributed by atoms with Crippen LogP contribution in [0.4, 0.5) is 0 Å². The van der Waals surface area contributed by atoms with Gasteiger partial charge >= 0.3 is 13.1 Å². The van der Waals surface area contributed by atoms with E-state index in [2.05, 4.69) is 35.8 Å². The van der Waals surface area contributed by atoms with Crippen LogP contribution in [0.2, 0.25) is 5.82 Å². The number of hydrogen-bond donors (Lipinski definition) is 1. The lowest BCUT2D eigenvalue weighted by Crippen LogP contribution is -2.65. The first-order valence-corrected chi connectivity index (χ1v) is 21.0. The van der Waals surface area contributed by atoms with Crippen LogP contribution in [-0.2, 0) is 48.4 Å². The van der Waals surface area contributed by atoms with Crippen molar-refractivity contribution in [3.05, 3.63) is 76.6 Å². The number of carbonyl (C=O) groups is 4. The first-order chi connectivity index (χ1) is 26.8. The Labute approximate surface area is 333 Å². The zero-order valence-electron chi connectivity index (χ0n) is 33.4. The summed E-state index contributed by atoms with van der Waals surface area (Å²) in [5.74, 6) is -1.51. The molecule has 0 unspecified atom stereocenters. The average Bonchev–Trinajstić information content (AvgIpc) is 3.82. The number of benzene rings is 2. The molecule has 3 saturated carbocycles. The number of imide groups is 1. The van der Waals surface area contributed by atoms with Gasteiger partial charge in [-0.2, -0.15) is 0 Å². The number of aromatic nitrogens is 3. The largest absolute Gasteiger partial charge is 0.496 e. The second-order valence-corrected chi connectivity index (χ2v) is 19.3. The molecule has 57 heavy (non-hydrogen) atoms. The van der Waals surface area contributed by atoms with Crippen LogP contribution in [0.15, 0.2) is 48.7 Å². The SMILES string of the molecule is COc1c(C[C@H](CC(=O)Cn2cc(CNS(=O)(=O)CCN3C(=O)c4ccccc4C3=O)nn2)B2O[C@@H]3C[C@@H]4C[C@@H](C4(C)C)[C@]3(C)O2)cccc1C(=O)OC(C)(C)C. The molecule has 2 aromatic carbocycles. The second kappa shape index (κ2) is 15.1. The van der Waals surface area contributed by atoms with Gasteiger partial charge in [0.25, 0.3) is 11.8 Å². The first kappa shape index (κ1) is 40.7. The number of para-hydroxylation sites is 1. The maximum absolute atomic E-state index is 13.8. The topological polar surface area (TPSA) is 185 Å². The lowest BCUT2D eigenvalue weighted by atomic mass is 9.43. The van der Waals surface area contributed by atoms with Gasteiger partial charge in [0.2, 0.25) is 10.0 Å². The monoisotopic (exact) mass is 803 g/mol. The quantitative estimate of drug-likeness (QED) is 0.131. The van der Waals surface area contributed by atoms with E-state index in [0.717, 1.165) is 17.7 Å². The molecule has 2 aliphatic heterocycles. The molecule has 1 aromatic heterocycles. The summed E-state index contributed by atoms with van der Waals surface area (Å²) < 4.78 is 54.4. The van der Waals surface area contributed by atoms with E-state index in [-0.39, 0.29) is 65.7 Å². The molecule has 4 fully saturated rings. The molecule has 3 aromatic rings. The van der Waals surface area contributed by atoms with Crippen LogP contribution in [-0.4, -0.2) is 95.7 Å². The molecule has 3 heterocycles. The van der Waals surface area contributed by atoms with E-state index in [1.54, 1.807) is 45.0 Å². The maximum Gasteiger partial charge on any atom is 0.461 e.